The summed E-state index contributed by atoms with van der Waals surface area (Å²) in [5, 5.41) is 12.0. The van der Waals surface area contributed by atoms with E-state index in [2.05, 4.69) is 5.32 Å². The highest BCUT2D eigenvalue weighted by Gasteiger charge is 2.08. The zero-order chi connectivity index (χ0) is 14.8. The van der Waals surface area contributed by atoms with Gasteiger partial charge in [-0.1, -0.05) is 13.3 Å². The zero-order valence-electron chi connectivity index (χ0n) is 11.8. The van der Waals surface area contributed by atoms with Crippen molar-refractivity contribution >= 4 is 16.8 Å². The Morgan fingerprint density at radius 2 is 2.05 bits per heavy atom. The van der Waals surface area contributed by atoms with E-state index in [1.54, 1.807) is 6.07 Å². The summed E-state index contributed by atoms with van der Waals surface area (Å²) in [5.74, 6) is 0.379. The second-order valence-corrected chi connectivity index (χ2v) is 4.96. The smallest absolute Gasteiger partial charge is 0.256 e. The van der Waals surface area contributed by atoms with Gasteiger partial charge in [0.05, 0.1) is 12.2 Å². The van der Waals surface area contributed by atoms with Gasteiger partial charge in [-0.25, -0.2) is 0 Å². The number of carbonyl (C=O) groups is 1. The van der Waals surface area contributed by atoms with Crippen molar-refractivity contribution in [3.8, 4) is 11.5 Å². The van der Waals surface area contributed by atoms with Crippen LogP contribution in [0.5, 0.6) is 11.5 Å². The molecule has 1 aliphatic rings. The van der Waals surface area contributed by atoms with Gasteiger partial charge in [-0.2, -0.15) is 0 Å². The van der Waals surface area contributed by atoms with Gasteiger partial charge in [-0.15, -0.1) is 0 Å². The number of phenols is 1. The molecule has 0 aromatic heterocycles. The third-order valence-corrected chi connectivity index (χ3v) is 3.06. The maximum atomic E-state index is 10.8. The van der Waals surface area contributed by atoms with Gasteiger partial charge in [0.2, 0.25) is 0 Å². The van der Waals surface area contributed by atoms with Crippen LogP contribution in [-0.2, 0) is 0 Å². The van der Waals surface area contributed by atoms with E-state index < -0.39 is 5.24 Å². The van der Waals surface area contributed by atoms with E-state index in [-0.39, 0.29) is 11.3 Å². The number of aromatic hydroxyl groups is 1. The predicted molar refractivity (Wildman–Crippen MR) is 80.8 cm³/mol. The van der Waals surface area contributed by atoms with E-state index in [9.17, 15) is 9.90 Å². The minimum Gasteiger partial charge on any atom is -0.507 e. The Morgan fingerprint density at radius 3 is 2.45 bits per heavy atom. The fourth-order valence-corrected chi connectivity index (χ4v) is 1.95. The van der Waals surface area contributed by atoms with Gasteiger partial charge in [-0.05, 0) is 56.1 Å². The van der Waals surface area contributed by atoms with Crippen LogP contribution in [0.25, 0.3) is 0 Å². The molecule has 0 bridgehead atoms. The Bertz CT molecular complexity index is 408. The van der Waals surface area contributed by atoms with Crippen LogP contribution in [-0.4, -0.2) is 30.0 Å². The number of phenolic OH excluding ortho intramolecular Hbond substituents is 1. The average Bonchev–Trinajstić information content (AvgIpc) is 2.47. The lowest BCUT2D eigenvalue weighted by molar-refractivity contribution is 0.107. The number of piperidine rings is 1. The molecule has 0 radical (unpaired) electrons. The molecule has 1 aromatic carbocycles. The van der Waals surface area contributed by atoms with Crippen molar-refractivity contribution in [2.75, 3.05) is 19.7 Å². The molecule has 1 fully saturated rings. The minimum absolute atomic E-state index is 0.0931. The van der Waals surface area contributed by atoms with Gasteiger partial charge in [0, 0.05) is 6.07 Å². The first-order valence-corrected chi connectivity index (χ1v) is 7.39. The van der Waals surface area contributed by atoms with Crippen molar-refractivity contribution in [1.82, 2.24) is 5.32 Å². The van der Waals surface area contributed by atoms with Crippen molar-refractivity contribution in [3.05, 3.63) is 23.8 Å². The summed E-state index contributed by atoms with van der Waals surface area (Å²) >= 11 is 5.23. The second kappa shape index (κ2) is 9.61. The van der Waals surface area contributed by atoms with E-state index in [4.69, 9.17) is 16.3 Å². The molecule has 5 heteroatoms. The van der Waals surface area contributed by atoms with Crippen LogP contribution in [0, 0.1) is 0 Å². The van der Waals surface area contributed by atoms with Crippen LogP contribution in [0.15, 0.2) is 18.2 Å². The Kier molecular flexibility index (Phi) is 8.07. The number of halogens is 1. The molecule has 0 aliphatic carbocycles. The molecule has 0 saturated carbocycles. The number of ether oxygens (including phenoxy) is 1. The minimum atomic E-state index is -0.676. The molecule has 20 heavy (non-hydrogen) atoms. The molecule has 4 nitrogen and oxygen atoms in total. The van der Waals surface area contributed by atoms with E-state index in [1.165, 1.54) is 44.5 Å². The molecule has 112 valence electrons. The highest BCUT2D eigenvalue weighted by atomic mass is 35.5. The number of benzene rings is 1. The van der Waals surface area contributed by atoms with Crippen molar-refractivity contribution in [1.29, 1.82) is 0 Å². The lowest BCUT2D eigenvalue weighted by Crippen LogP contribution is -2.21. The molecule has 2 N–H and O–H groups in total. The van der Waals surface area contributed by atoms with Gasteiger partial charge in [0.1, 0.15) is 11.5 Å². The standard InChI is InChI=1S/C10H11ClO3.C5H11N/c1-2-5-14-7-3-4-8(10(11)13)9(12)6-7;1-2-4-6-5-3-1/h3-4,6,12H,2,5H2,1H3;6H,1-5H2. The van der Waals surface area contributed by atoms with Gasteiger partial charge in [0.25, 0.3) is 5.24 Å². The molecular weight excluding hydrogens is 278 g/mol. The summed E-state index contributed by atoms with van der Waals surface area (Å²) in [6.45, 7) is 5.06. The Labute approximate surface area is 125 Å². The zero-order valence-corrected chi connectivity index (χ0v) is 12.6. The summed E-state index contributed by atoms with van der Waals surface area (Å²) in [4.78, 5) is 10.8. The fourth-order valence-electron chi connectivity index (χ4n) is 1.79. The highest BCUT2D eigenvalue weighted by Crippen LogP contribution is 2.24. The van der Waals surface area contributed by atoms with E-state index in [0.717, 1.165) is 6.42 Å². The van der Waals surface area contributed by atoms with Crippen LogP contribution in [0.4, 0.5) is 0 Å². The monoisotopic (exact) mass is 299 g/mol. The molecule has 1 saturated heterocycles. The largest absolute Gasteiger partial charge is 0.507 e. The van der Waals surface area contributed by atoms with Gasteiger partial charge < -0.3 is 15.2 Å². The van der Waals surface area contributed by atoms with Gasteiger partial charge in [0.15, 0.2) is 0 Å². The molecular formula is C15H22ClNO3. The SMILES string of the molecule is C1CCNCC1.CCCOc1ccc(C(=O)Cl)c(O)c1. The van der Waals surface area contributed by atoms with Crippen molar-refractivity contribution < 1.29 is 14.6 Å². The van der Waals surface area contributed by atoms with Crippen LogP contribution in [0.1, 0.15) is 43.0 Å². The van der Waals surface area contributed by atoms with Crippen LogP contribution < -0.4 is 10.1 Å². The Morgan fingerprint density at radius 1 is 1.35 bits per heavy atom. The van der Waals surface area contributed by atoms with Crippen molar-refractivity contribution in [2.45, 2.75) is 32.6 Å². The normalized spacial score (nSPS) is 14.1. The first kappa shape index (κ1) is 16.8. The average molecular weight is 300 g/mol. The molecule has 0 unspecified atom stereocenters. The summed E-state index contributed by atoms with van der Waals surface area (Å²) in [7, 11) is 0. The molecule has 1 heterocycles. The maximum Gasteiger partial charge on any atom is 0.256 e. The Hall–Kier alpha value is -1.26. The third kappa shape index (κ3) is 6.26. The number of carbonyl (C=O) groups excluding carboxylic acids is 1. The summed E-state index contributed by atoms with van der Waals surface area (Å²) in [5.41, 5.74) is 0.0931. The predicted octanol–water partition coefficient (Wildman–Crippen LogP) is 3.32. The third-order valence-electron chi connectivity index (χ3n) is 2.86. The lowest BCUT2D eigenvalue weighted by atomic mass is 10.2. The van der Waals surface area contributed by atoms with E-state index in [1.807, 2.05) is 6.92 Å². The molecule has 1 aliphatic heterocycles. The molecule has 0 amide bonds. The lowest BCUT2D eigenvalue weighted by Gasteiger charge is -2.08. The van der Waals surface area contributed by atoms with E-state index in [0.29, 0.717) is 12.4 Å². The quantitative estimate of drug-likeness (QED) is 0.837. The first-order valence-electron chi connectivity index (χ1n) is 7.01. The summed E-state index contributed by atoms with van der Waals surface area (Å²) < 4.78 is 5.26. The van der Waals surface area contributed by atoms with Gasteiger partial charge >= 0.3 is 0 Å². The number of nitrogens with one attached hydrogen (secondary N) is 1. The van der Waals surface area contributed by atoms with Crippen molar-refractivity contribution in [2.24, 2.45) is 0 Å². The summed E-state index contributed by atoms with van der Waals surface area (Å²) in [6, 6.07) is 4.42. The Balaban J connectivity index is 0.000000276. The highest BCUT2D eigenvalue weighted by molar-refractivity contribution is 6.68. The fraction of sp³-hybridized carbons (Fsp3) is 0.533. The molecule has 0 spiro atoms. The second-order valence-electron chi connectivity index (χ2n) is 4.61. The first-order chi connectivity index (χ1) is 9.65. The van der Waals surface area contributed by atoms with Crippen LogP contribution in [0.2, 0.25) is 0 Å². The number of rotatable bonds is 4. The van der Waals surface area contributed by atoms with E-state index >= 15 is 0 Å². The van der Waals surface area contributed by atoms with Crippen LogP contribution >= 0.6 is 11.6 Å². The molecule has 1 aromatic rings. The number of hydrogen-bond donors (Lipinski definition) is 2. The number of hydrogen-bond acceptors (Lipinski definition) is 4. The molecule has 2 rings (SSSR count). The topological polar surface area (TPSA) is 58.6 Å². The summed E-state index contributed by atoms with van der Waals surface area (Å²) in [6.07, 6.45) is 5.10. The molecule has 0 atom stereocenters. The van der Waals surface area contributed by atoms with Crippen LogP contribution in [0.3, 0.4) is 0 Å². The van der Waals surface area contributed by atoms with Crippen molar-refractivity contribution in [3.63, 3.8) is 0 Å². The van der Waals surface area contributed by atoms with Gasteiger partial charge in [-0.3, -0.25) is 4.79 Å². The maximum absolute atomic E-state index is 10.8.